The molecular weight excluding hydrogens is 392 g/mol. The van der Waals surface area contributed by atoms with E-state index in [2.05, 4.69) is 0 Å². The van der Waals surface area contributed by atoms with Crippen LogP contribution >= 0.6 is 0 Å². The second-order valence-corrected chi connectivity index (χ2v) is 7.45. The molecule has 0 N–H and O–H groups in total. The number of piperidine rings is 1. The quantitative estimate of drug-likeness (QED) is 0.548. The largest absolute Gasteiger partial charge is 0.493 e. The highest BCUT2D eigenvalue weighted by molar-refractivity contribution is 5.68. The van der Waals surface area contributed by atoms with E-state index in [-0.39, 0.29) is 30.0 Å². The molecule has 1 heterocycles. The molecule has 1 amide bonds. The van der Waals surface area contributed by atoms with Gasteiger partial charge in [0.05, 0.1) is 24.6 Å². The maximum absolute atomic E-state index is 14.6. The smallest absolute Gasteiger partial charge is 0.410 e. The molecule has 0 radical (unpaired) electrons. The van der Waals surface area contributed by atoms with E-state index in [1.54, 1.807) is 26.8 Å². The van der Waals surface area contributed by atoms with Crippen LogP contribution in [-0.4, -0.2) is 53.7 Å². The number of halogens is 2. The molecule has 1 fully saturated rings. The summed E-state index contributed by atoms with van der Waals surface area (Å²) in [4.78, 5) is 23.2. The first-order valence-corrected chi connectivity index (χ1v) is 8.67. The number of likely N-dealkylation sites (tertiary alicyclic amines) is 1. The number of ether oxygens (including phenoxy) is 3. The number of hydrogen-bond acceptors (Lipinski definition) is 7. The molecule has 1 aliphatic heterocycles. The summed E-state index contributed by atoms with van der Waals surface area (Å²) in [5.74, 6) is -3.79. The summed E-state index contributed by atoms with van der Waals surface area (Å²) in [5.41, 5.74) is -1.69. The van der Waals surface area contributed by atoms with Crippen molar-refractivity contribution in [3.8, 4) is 17.6 Å². The second kappa shape index (κ2) is 8.06. The fraction of sp³-hybridized carbons (Fsp3) is 0.556. The van der Waals surface area contributed by atoms with Crippen molar-refractivity contribution in [2.24, 2.45) is 0 Å². The predicted molar refractivity (Wildman–Crippen MR) is 96.2 cm³/mol. The molecule has 158 valence electrons. The number of nitriles is 1. The van der Waals surface area contributed by atoms with Gasteiger partial charge in [-0.2, -0.15) is 5.26 Å². The minimum absolute atomic E-state index is 0.0322. The second-order valence-electron chi connectivity index (χ2n) is 7.45. The predicted octanol–water partition coefficient (Wildman–Crippen LogP) is 3.50. The molecule has 2 rings (SSSR count). The summed E-state index contributed by atoms with van der Waals surface area (Å²) < 4.78 is 44.8. The lowest BCUT2D eigenvalue weighted by Crippen LogP contribution is -2.56. The van der Waals surface area contributed by atoms with Crippen LogP contribution in [0.15, 0.2) is 12.1 Å². The Morgan fingerprint density at radius 2 is 2.03 bits per heavy atom. The Morgan fingerprint density at radius 1 is 1.38 bits per heavy atom. The lowest BCUT2D eigenvalue weighted by atomic mass is 10.0. The third kappa shape index (κ3) is 5.22. The Labute approximate surface area is 165 Å². The average Bonchev–Trinajstić information content (AvgIpc) is 2.60. The number of nitro groups is 1. The number of rotatable bonds is 4. The average molecular weight is 413 g/mol. The van der Waals surface area contributed by atoms with Crippen molar-refractivity contribution in [1.29, 1.82) is 5.26 Å². The van der Waals surface area contributed by atoms with E-state index >= 15 is 0 Å². The van der Waals surface area contributed by atoms with Crippen molar-refractivity contribution in [3.63, 3.8) is 0 Å². The number of alkyl halides is 2. The Bertz CT molecular complexity index is 847. The third-order valence-corrected chi connectivity index (χ3v) is 4.05. The van der Waals surface area contributed by atoms with E-state index in [0.717, 1.165) is 17.0 Å². The van der Waals surface area contributed by atoms with Crippen LogP contribution in [0.3, 0.4) is 0 Å². The van der Waals surface area contributed by atoms with Gasteiger partial charge in [0.2, 0.25) is 0 Å². The number of methoxy groups -OCH3 is 1. The molecule has 29 heavy (non-hydrogen) atoms. The van der Waals surface area contributed by atoms with E-state index in [9.17, 15) is 23.7 Å². The lowest BCUT2D eigenvalue weighted by Gasteiger charge is -2.38. The molecule has 1 saturated heterocycles. The van der Waals surface area contributed by atoms with Gasteiger partial charge in [0.25, 0.3) is 5.69 Å². The maximum Gasteiger partial charge on any atom is 0.410 e. The highest BCUT2D eigenvalue weighted by Crippen LogP contribution is 2.38. The summed E-state index contributed by atoms with van der Waals surface area (Å²) in [7, 11) is 1.20. The number of hydrogen-bond donors (Lipinski definition) is 0. The molecule has 0 bridgehead atoms. The van der Waals surface area contributed by atoms with Crippen molar-refractivity contribution < 1.29 is 32.7 Å². The molecule has 0 spiro atoms. The highest BCUT2D eigenvalue weighted by Gasteiger charge is 2.48. The number of benzene rings is 1. The van der Waals surface area contributed by atoms with Gasteiger partial charge in [0.1, 0.15) is 17.2 Å². The minimum Gasteiger partial charge on any atom is -0.493 e. The highest BCUT2D eigenvalue weighted by atomic mass is 19.3. The first kappa shape index (κ1) is 22.1. The first-order chi connectivity index (χ1) is 13.4. The molecule has 1 aromatic carbocycles. The monoisotopic (exact) mass is 413 g/mol. The number of amides is 1. The Hall–Kier alpha value is -3.16. The van der Waals surface area contributed by atoms with E-state index in [1.807, 2.05) is 0 Å². The van der Waals surface area contributed by atoms with Crippen LogP contribution < -0.4 is 9.47 Å². The van der Waals surface area contributed by atoms with Gasteiger partial charge < -0.3 is 19.1 Å². The summed E-state index contributed by atoms with van der Waals surface area (Å²) in [6.45, 7) is 3.95. The summed E-state index contributed by atoms with van der Waals surface area (Å²) >= 11 is 0. The molecule has 0 aliphatic carbocycles. The zero-order valence-electron chi connectivity index (χ0n) is 16.4. The normalized spacial score (nSPS) is 18.5. The van der Waals surface area contributed by atoms with Gasteiger partial charge in [-0.1, -0.05) is 0 Å². The van der Waals surface area contributed by atoms with Crippen LogP contribution in [0, 0.1) is 21.4 Å². The zero-order chi connectivity index (χ0) is 22.0. The van der Waals surface area contributed by atoms with Crippen LogP contribution in [0.2, 0.25) is 0 Å². The number of carbonyl (C=O) groups excluding carboxylic acids is 1. The molecule has 1 aliphatic rings. The van der Waals surface area contributed by atoms with Gasteiger partial charge in [0.15, 0.2) is 17.6 Å². The fourth-order valence-electron chi connectivity index (χ4n) is 2.74. The first-order valence-electron chi connectivity index (χ1n) is 8.67. The summed E-state index contributed by atoms with van der Waals surface area (Å²) in [5, 5.41) is 20.1. The van der Waals surface area contributed by atoms with Crippen molar-refractivity contribution in [2.75, 3.05) is 20.2 Å². The molecule has 9 nitrogen and oxygen atoms in total. The van der Waals surface area contributed by atoms with Crippen LogP contribution in [0.4, 0.5) is 19.3 Å². The summed E-state index contributed by atoms with van der Waals surface area (Å²) in [6, 6.07) is 3.58. The lowest BCUT2D eigenvalue weighted by molar-refractivity contribution is -0.385. The van der Waals surface area contributed by atoms with Gasteiger partial charge >= 0.3 is 12.0 Å². The SMILES string of the molecule is COc1cc([N+](=O)[O-])c(C#N)cc1O[C@@H]1CCN(C(=O)OC(C)(C)C)CC1(F)F. The van der Waals surface area contributed by atoms with Gasteiger partial charge in [0, 0.05) is 19.0 Å². The number of nitro benzene ring substituents is 1. The van der Waals surface area contributed by atoms with Crippen molar-refractivity contribution in [3.05, 3.63) is 27.8 Å². The minimum atomic E-state index is -3.42. The van der Waals surface area contributed by atoms with Crippen LogP contribution in [-0.2, 0) is 4.74 Å². The van der Waals surface area contributed by atoms with Crippen LogP contribution in [0.1, 0.15) is 32.8 Å². The fourth-order valence-corrected chi connectivity index (χ4v) is 2.74. The molecule has 11 heteroatoms. The van der Waals surface area contributed by atoms with Gasteiger partial charge in [-0.25, -0.2) is 13.6 Å². The number of carbonyl (C=O) groups is 1. The van der Waals surface area contributed by atoms with Crippen molar-refractivity contribution >= 4 is 11.8 Å². The zero-order valence-corrected chi connectivity index (χ0v) is 16.4. The van der Waals surface area contributed by atoms with E-state index in [1.165, 1.54) is 7.11 Å². The maximum atomic E-state index is 14.6. The standard InChI is InChI=1S/C18H21F2N3O6/c1-17(2,3)29-16(24)22-6-5-15(18(19,20)10-22)28-14-7-11(9-21)12(23(25)26)8-13(14)27-4/h7-8,15H,5-6,10H2,1-4H3/t15-/m1/s1. The van der Waals surface area contributed by atoms with Gasteiger partial charge in [-0.3, -0.25) is 10.1 Å². The van der Waals surface area contributed by atoms with E-state index in [0.29, 0.717) is 0 Å². The van der Waals surface area contributed by atoms with Gasteiger partial charge in [-0.05, 0) is 20.8 Å². The molecule has 1 atom stereocenters. The van der Waals surface area contributed by atoms with Crippen LogP contribution in [0.25, 0.3) is 0 Å². The van der Waals surface area contributed by atoms with Crippen molar-refractivity contribution in [1.82, 2.24) is 4.90 Å². The Kier molecular flexibility index (Phi) is 6.15. The number of nitrogens with zero attached hydrogens (tertiary/aromatic N) is 3. The third-order valence-electron chi connectivity index (χ3n) is 4.05. The van der Waals surface area contributed by atoms with Gasteiger partial charge in [-0.15, -0.1) is 0 Å². The molecule has 0 unspecified atom stereocenters. The van der Waals surface area contributed by atoms with Crippen LogP contribution in [0.5, 0.6) is 11.5 Å². The molecule has 1 aromatic rings. The van der Waals surface area contributed by atoms with E-state index in [4.69, 9.17) is 19.5 Å². The molecule has 0 saturated carbocycles. The topological polar surface area (TPSA) is 115 Å². The molecular formula is C18H21F2N3O6. The Balaban J connectivity index is 2.22. The summed E-state index contributed by atoms with van der Waals surface area (Å²) in [6.07, 6.45) is -2.69. The Morgan fingerprint density at radius 3 is 2.52 bits per heavy atom. The van der Waals surface area contributed by atoms with Crippen molar-refractivity contribution in [2.45, 2.75) is 44.8 Å². The van der Waals surface area contributed by atoms with E-state index < -0.39 is 40.9 Å². The molecule has 0 aromatic heterocycles.